The third-order valence-corrected chi connectivity index (χ3v) is 10.6. The van der Waals surface area contributed by atoms with E-state index in [9.17, 15) is 14.4 Å². The van der Waals surface area contributed by atoms with Gasteiger partial charge in [0, 0.05) is 36.9 Å². The molecule has 1 aliphatic heterocycles. The molecule has 0 amide bonds. The molecular formula is C24H32O4S. The molecule has 4 nitrogen and oxygen atoms in total. The quantitative estimate of drug-likeness (QED) is 0.452. The number of rotatable bonds is 1. The van der Waals surface area contributed by atoms with E-state index in [1.54, 1.807) is 6.92 Å². The van der Waals surface area contributed by atoms with Gasteiger partial charge in [-0.25, -0.2) is 0 Å². The summed E-state index contributed by atoms with van der Waals surface area (Å²) in [6.45, 7) is 6.40. The van der Waals surface area contributed by atoms with Gasteiger partial charge in [-0.1, -0.05) is 37.3 Å². The molecule has 5 aliphatic rings. The summed E-state index contributed by atoms with van der Waals surface area (Å²) in [6.07, 6.45) is 10.1. The summed E-state index contributed by atoms with van der Waals surface area (Å²) in [5.74, 6) is 1.71. The zero-order valence-electron chi connectivity index (χ0n) is 17.8. The molecule has 0 N–H and O–H groups in total. The summed E-state index contributed by atoms with van der Waals surface area (Å²) in [7, 11) is 0. The Labute approximate surface area is 177 Å². The number of esters is 1. The van der Waals surface area contributed by atoms with Gasteiger partial charge in [0.25, 0.3) is 0 Å². The molecular weight excluding hydrogens is 384 g/mol. The molecule has 0 radical (unpaired) electrons. The summed E-state index contributed by atoms with van der Waals surface area (Å²) in [4.78, 5) is 36.4. The van der Waals surface area contributed by atoms with E-state index in [0.29, 0.717) is 42.8 Å². The molecule has 5 rings (SSSR count). The molecule has 4 unspecified atom stereocenters. The van der Waals surface area contributed by atoms with E-state index in [4.69, 9.17) is 4.74 Å². The molecule has 0 bridgehead atoms. The van der Waals surface area contributed by atoms with Crippen LogP contribution in [0.1, 0.15) is 78.6 Å². The van der Waals surface area contributed by atoms with Crippen LogP contribution in [0.5, 0.6) is 0 Å². The van der Waals surface area contributed by atoms with Crippen molar-refractivity contribution in [2.45, 2.75) is 89.4 Å². The van der Waals surface area contributed by atoms with Crippen LogP contribution in [0.15, 0.2) is 11.6 Å². The van der Waals surface area contributed by atoms with Gasteiger partial charge in [0.05, 0.1) is 0 Å². The van der Waals surface area contributed by atoms with Crippen molar-refractivity contribution >= 4 is 28.6 Å². The van der Waals surface area contributed by atoms with Crippen LogP contribution in [0, 0.1) is 28.6 Å². The normalized spacial score (nSPS) is 48.6. The highest BCUT2D eigenvalue weighted by Gasteiger charge is 2.68. The minimum absolute atomic E-state index is 0.00210. The monoisotopic (exact) mass is 416 g/mol. The van der Waals surface area contributed by atoms with E-state index in [1.807, 2.05) is 0 Å². The lowest BCUT2D eigenvalue weighted by Crippen LogP contribution is -2.57. The maximum Gasteiger partial charge on any atom is 0.306 e. The number of hydrogen-bond donors (Lipinski definition) is 0. The topological polar surface area (TPSA) is 60.4 Å². The Balaban J connectivity index is 1.57. The fourth-order valence-electron chi connectivity index (χ4n) is 8.04. The summed E-state index contributed by atoms with van der Waals surface area (Å²) >= 11 is 1.46. The Kier molecular flexibility index (Phi) is 4.41. The highest BCUT2D eigenvalue weighted by Crippen LogP contribution is 2.70. The lowest BCUT2D eigenvalue weighted by atomic mass is 9.46. The maximum absolute atomic E-state index is 12.2. The van der Waals surface area contributed by atoms with Crippen LogP contribution in [0.25, 0.3) is 0 Å². The highest BCUT2D eigenvalue weighted by atomic mass is 32.2. The first-order chi connectivity index (χ1) is 13.7. The van der Waals surface area contributed by atoms with E-state index < -0.39 is 0 Å². The summed E-state index contributed by atoms with van der Waals surface area (Å²) in [6, 6.07) is 0. The molecule has 5 heteroatoms. The minimum atomic E-state index is -0.293. The van der Waals surface area contributed by atoms with Gasteiger partial charge in [-0.3, -0.25) is 14.4 Å². The van der Waals surface area contributed by atoms with Crippen molar-refractivity contribution in [2.75, 3.05) is 0 Å². The van der Waals surface area contributed by atoms with Crippen LogP contribution < -0.4 is 0 Å². The Morgan fingerprint density at radius 3 is 2.52 bits per heavy atom. The Bertz CT molecular complexity index is 818. The number of ether oxygens (including phenoxy) is 1. The van der Waals surface area contributed by atoms with Gasteiger partial charge in [-0.05, 0) is 61.7 Å². The lowest BCUT2D eigenvalue weighted by molar-refractivity contribution is -0.166. The third kappa shape index (κ3) is 2.68. The Hall–Kier alpha value is -1.10. The summed E-state index contributed by atoms with van der Waals surface area (Å²) in [5, 5.41) is 0.298. The van der Waals surface area contributed by atoms with Crippen LogP contribution in [-0.4, -0.2) is 27.7 Å². The SMILES string of the molecule is CC(=O)S[C@@H]1C=C2CC(=O)CCC2(C)C2CCC3(C)[C@@H](CC[C@@]34CCC(=O)O4)C21. The molecule has 0 aromatic rings. The fourth-order valence-corrected chi connectivity index (χ4v) is 9.19. The van der Waals surface area contributed by atoms with E-state index in [-0.39, 0.29) is 32.8 Å². The zero-order valence-corrected chi connectivity index (χ0v) is 18.6. The molecule has 7 atom stereocenters. The molecule has 1 spiro atoms. The number of carbonyl (C=O) groups excluding carboxylic acids is 3. The zero-order chi connectivity index (χ0) is 20.6. The van der Waals surface area contributed by atoms with Crippen LogP contribution in [0.4, 0.5) is 0 Å². The van der Waals surface area contributed by atoms with Gasteiger partial charge in [-0.2, -0.15) is 0 Å². The van der Waals surface area contributed by atoms with Gasteiger partial charge < -0.3 is 4.74 Å². The molecule has 0 aromatic carbocycles. The van der Waals surface area contributed by atoms with Crippen molar-refractivity contribution in [1.29, 1.82) is 0 Å². The van der Waals surface area contributed by atoms with Crippen LogP contribution in [0.3, 0.4) is 0 Å². The molecule has 29 heavy (non-hydrogen) atoms. The van der Waals surface area contributed by atoms with E-state index in [2.05, 4.69) is 19.9 Å². The second kappa shape index (κ2) is 6.45. The van der Waals surface area contributed by atoms with E-state index in [1.165, 1.54) is 17.3 Å². The summed E-state index contributed by atoms with van der Waals surface area (Å²) < 4.78 is 6.05. The molecule has 4 aliphatic carbocycles. The molecule has 1 heterocycles. The van der Waals surface area contributed by atoms with Gasteiger partial charge in [-0.15, -0.1) is 0 Å². The van der Waals surface area contributed by atoms with Gasteiger partial charge >= 0.3 is 5.97 Å². The average Bonchev–Trinajstić information content (AvgIpc) is 3.17. The van der Waals surface area contributed by atoms with Crippen molar-refractivity contribution < 1.29 is 19.1 Å². The van der Waals surface area contributed by atoms with Crippen LogP contribution in [0.2, 0.25) is 0 Å². The second-order valence-corrected chi connectivity index (χ2v) is 12.0. The number of thioether (sulfide) groups is 1. The van der Waals surface area contributed by atoms with Crippen LogP contribution in [-0.2, 0) is 19.1 Å². The Morgan fingerprint density at radius 1 is 1.07 bits per heavy atom. The minimum Gasteiger partial charge on any atom is -0.458 e. The highest BCUT2D eigenvalue weighted by molar-refractivity contribution is 8.14. The first-order valence-corrected chi connectivity index (χ1v) is 12.2. The van der Waals surface area contributed by atoms with Crippen molar-refractivity contribution in [2.24, 2.45) is 28.6 Å². The standard InChI is InChI=1S/C24H32O4S/c1-14(25)29-19-13-15-12-16(26)4-8-22(15,2)17-5-9-23(3)18(21(17)19)6-10-24(23)11-7-20(27)28-24/h13,17-19,21H,4-12H2,1-3H3/t17?,18-,19+,21?,22?,23?,24+/m0/s1. The largest absolute Gasteiger partial charge is 0.458 e. The number of allylic oxidation sites excluding steroid dienone is 1. The fraction of sp³-hybridized carbons (Fsp3) is 0.792. The van der Waals surface area contributed by atoms with Crippen molar-refractivity contribution in [1.82, 2.24) is 0 Å². The average molecular weight is 417 g/mol. The summed E-state index contributed by atoms with van der Waals surface area (Å²) in [5.41, 5.74) is 1.08. The van der Waals surface area contributed by atoms with Gasteiger partial charge in [0.15, 0.2) is 5.12 Å². The van der Waals surface area contributed by atoms with Crippen LogP contribution >= 0.6 is 11.8 Å². The lowest BCUT2D eigenvalue weighted by Gasteiger charge is -2.60. The number of fused-ring (bicyclic) bond motifs is 6. The number of carbonyl (C=O) groups is 3. The van der Waals surface area contributed by atoms with E-state index >= 15 is 0 Å². The third-order valence-electron chi connectivity index (χ3n) is 9.57. The smallest absolute Gasteiger partial charge is 0.306 e. The van der Waals surface area contributed by atoms with Gasteiger partial charge in [0.2, 0.25) is 0 Å². The van der Waals surface area contributed by atoms with Crippen molar-refractivity contribution in [3.63, 3.8) is 0 Å². The first kappa shape index (κ1) is 19.8. The predicted octanol–water partition coefficient (Wildman–Crippen LogP) is 4.85. The van der Waals surface area contributed by atoms with Crippen molar-refractivity contribution in [3.8, 4) is 0 Å². The second-order valence-electron chi connectivity index (χ2n) is 10.7. The molecule has 0 aromatic heterocycles. The van der Waals surface area contributed by atoms with Crippen molar-refractivity contribution in [3.05, 3.63) is 11.6 Å². The molecule has 3 saturated carbocycles. The number of hydrogen-bond acceptors (Lipinski definition) is 5. The predicted molar refractivity (Wildman–Crippen MR) is 112 cm³/mol. The molecule has 1 saturated heterocycles. The molecule has 158 valence electrons. The Morgan fingerprint density at radius 2 is 1.83 bits per heavy atom. The first-order valence-electron chi connectivity index (χ1n) is 11.3. The number of ketones is 1. The maximum atomic E-state index is 12.2. The van der Waals surface area contributed by atoms with Gasteiger partial charge in [0.1, 0.15) is 11.4 Å². The van der Waals surface area contributed by atoms with E-state index in [0.717, 1.165) is 38.5 Å². The number of Topliss-reactive ketones (excluding diaryl/α,β-unsaturated/α-hetero) is 1. The molecule has 4 fully saturated rings.